The Bertz CT molecular complexity index is 396. The summed E-state index contributed by atoms with van der Waals surface area (Å²) in [5.41, 5.74) is 2.91. The molecule has 1 aliphatic rings. The van der Waals surface area contributed by atoms with Gasteiger partial charge in [0, 0.05) is 9.61 Å². The number of hydrogen-bond donors (Lipinski definition) is 1. The lowest BCUT2D eigenvalue weighted by atomic mass is 9.83. The molecule has 1 aliphatic carbocycles. The van der Waals surface area contributed by atoms with Crippen LogP contribution in [-0.4, -0.2) is 6.54 Å². The predicted octanol–water partition coefficient (Wildman–Crippen LogP) is 5.22. The lowest BCUT2D eigenvalue weighted by Crippen LogP contribution is -2.25. The highest BCUT2D eigenvalue weighted by molar-refractivity contribution is 14.1. The van der Waals surface area contributed by atoms with Crippen molar-refractivity contribution in [3.63, 3.8) is 0 Å². The van der Waals surface area contributed by atoms with Crippen LogP contribution in [0.5, 0.6) is 0 Å². The van der Waals surface area contributed by atoms with Crippen LogP contribution in [0.4, 0.5) is 0 Å². The molecule has 0 bridgehead atoms. The van der Waals surface area contributed by atoms with E-state index in [1.807, 2.05) is 0 Å². The summed E-state index contributed by atoms with van der Waals surface area (Å²) in [7, 11) is 0. The average Bonchev–Trinajstić information content (AvgIpc) is 2.43. The van der Waals surface area contributed by atoms with Gasteiger partial charge in [-0.2, -0.15) is 0 Å². The van der Waals surface area contributed by atoms with Gasteiger partial charge in [0.25, 0.3) is 0 Å². The van der Waals surface area contributed by atoms with Gasteiger partial charge in [-0.25, -0.2) is 0 Å². The number of hydrogen-bond acceptors (Lipinski definition) is 1. The molecule has 1 nitrogen and oxygen atoms in total. The van der Waals surface area contributed by atoms with Crippen LogP contribution in [0, 0.1) is 16.4 Å². The maximum Gasteiger partial charge on any atom is 0.0333 e. The quantitative estimate of drug-likeness (QED) is 0.700. The van der Waals surface area contributed by atoms with Gasteiger partial charge in [-0.15, -0.1) is 0 Å². The lowest BCUT2D eigenvalue weighted by molar-refractivity contribution is 0.301. The molecule has 0 aliphatic heterocycles. The molecule has 0 spiro atoms. The van der Waals surface area contributed by atoms with Crippen molar-refractivity contribution in [2.75, 3.05) is 6.54 Å². The summed E-state index contributed by atoms with van der Waals surface area (Å²) in [6.07, 6.45) is 8.51. The maximum absolute atomic E-state index is 3.71. The molecule has 0 amide bonds. The molecule has 0 heterocycles. The Hall–Kier alpha value is -0.0900. The predicted molar refractivity (Wildman–Crippen MR) is 91.5 cm³/mol. The molecule has 1 aromatic rings. The fourth-order valence-corrected chi connectivity index (χ4v) is 4.00. The second kappa shape index (κ2) is 7.63. The van der Waals surface area contributed by atoms with Crippen LogP contribution < -0.4 is 5.32 Å². The number of benzene rings is 1. The summed E-state index contributed by atoms with van der Waals surface area (Å²) < 4.78 is 1.45. The van der Waals surface area contributed by atoms with Crippen LogP contribution in [0.15, 0.2) is 18.2 Å². The van der Waals surface area contributed by atoms with Crippen molar-refractivity contribution < 1.29 is 0 Å². The van der Waals surface area contributed by atoms with Gasteiger partial charge in [0.1, 0.15) is 0 Å². The minimum absolute atomic E-state index is 0.542. The van der Waals surface area contributed by atoms with Gasteiger partial charge < -0.3 is 5.32 Å². The third-order valence-electron chi connectivity index (χ3n) is 4.34. The van der Waals surface area contributed by atoms with Gasteiger partial charge in [-0.05, 0) is 59.5 Å². The Morgan fingerprint density at radius 3 is 2.68 bits per heavy atom. The molecule has 0 radical (unpaired) electrons. The SMILES string of the molecule is CCNC(CC1CCCCC1)c1cccc(C)c1I. The zero-order valence-corrected chi connectivity index (χ0v) is 14.4. The third-order valence-corrected chi connectivity index (χ3v) is 5.81. The lowest BCUT2D eigenvalue weighted by Gasteiger charge is -2.28. The normalized spacial score (nSPS) is 18.5. The molecule has 1 aromatic carbocycles. The zero-order chi connectivity index (χ0) is 13.7. The third kappa shape index (κ3) is 4.19. The first-order valence-electron chi connectivity index (χ1n) is 7.70. The molecule has 1 saturated carbocycles. The van der Waals surface area contributed by atoms with Crippen LogP contribution in [0.3, 0.4) is 0 Å². The van der Waals surface area contributed by atoms with Crippen molar-refractivity contribution >= 4 is 22.6 Å². The molecule has 0 aromatic heterocycles. The van der Waals surface area contributed by atoms with Crippen LogP contribution in [0.25, 0.3) is 0 Å². The van der Waals surface area contributed by atoms with Gasteiger partial charge >= 0.3 is 0 Å². The van der Waals surface area contributed by atoms with E-state index in [1.54, 1.807) is 0 Å². The Kier molecular flexibility index (Phi) is 6.14. The van der Waals surface area contributed by atoms with E-state index in [1.165, 1.54) is 53.2 Å². The Balaban J connectivity index is 2.11. The molecule has 106 valence electrons. The minimum atomic E-state index is 0.542. The van der Waals surface area contributed by atoms with Gasteiger partial charge in [0.05, 0.1) is 0 Å². The Morgan fingerprint density at radius 2 is 2.00 bits per heavy atom. The highest BCUT2D eigenvalue weighted by Gasteiger charge is 2.21. The van der Waals surface area contributed by atoms with Crippen LogP contribution >= 0.6 is 22.6 Å². The second-order valence-corrected chi connectivity index (χ2v) is 6.91. The average molecular weight is 371 g/mol. The minimum Gasteiger partial charge on any atom is -0.310 e. The first-order valence-corrected chi connectivity index (χ1v) is 8.78. The summed E-state index contributed by atoms with van der Waals surface area (Å²) in [6, 6.07) is 7.28. The van der Waals surface area contributed by atoms with E-state index >= 15 is 0 Å². The van der Waals surface area contributed by atoms with Gasteiger partial charge in [0.2, 0.25) is 0 Å². The monoisotopic (exact) mass is 371 g/mol. The van der Waals surface area contributed by atoms with E-state index in [4.69, 9.17) is 0 Å². The van der Waals surface area contributed by atoms with Crippen molar-refractivity contribution in [3.05, 3.63) is 32.9 Å². The van der Waals surface area contributed by atoms with Crippen molar-refractivity contribution in [2.45, 2.75) is 58.4 Å². The molecule has 1 N–H and O–H groups in total. The summed E-state index contributed by atoms with van der Waals surface area (Å²) >= 11 is 2.51. The molecule has 2 heteroatoms. The first kappa shape index (κ1) is 15.3. The number of aryl methyl sites for hydroxylation is 1. The molecular weight excluding hydrogens is 345 g/mol. The molecule has 0 saturated heterocycles. The van der Waals surface area contributed by atoms with E-state index in [-0.39, 0.29) is 0 Å². The van der Waals surface area contributed by atoms with E-state index in [9.17, 15) is 0 Å². The van der Waals surface area contributed by atoms with E-state index in [0.717, 1.165) is 12.5 Å². The Morgan fingerprint density at radius 1 is 1.26 bits per heavy atom. The summed E-state index contributed by atoms with van der Waals surface area (Å²) in [6.45, 7) is 5.49. The fourth-order valence-electron chi connectivity index (χ4n) is 3.26. The van der Waals surface area contributed by atoms with Crippen LogP contribution in [-0.2, 0) is 0 Å². The van der Waals surface area contributed by atoms with Crippen LogP contribution in [0.2, 0.25) is 0 Å². The number of halogens is 1. The Labute approximate surface area is 131 Å². The zero-order valence-electron chi connectivity index (χ0n) is 12.2. The highest BCUT2D eigenvalue weighted by atomic mass is 127. The summed E-state index contributed by atoms with van der Waals surface area (Å²) in [5.74, 6) is 0.925. The largest absolute Gasteiger partial charge is 0.310 e. The molecule has 1 fully saturated rings. The fraction of sp³-hybridized carbons (Fsp3) is 0.647. The smallest absolute Gasteiger partial charge is 0.0333 e. The van der Waals surface area contributed by atoms with Crippen molar-refractivity contribution in [1.82, 2.24) is 5.32 Å². The second-order valence-electron chi connectivity index (χ2n) is 5.83. The van der Waals surface area contributed by atoms with Gasteiger partial charge in [-0.3, -0.25) is 0 Å². The summed E-state index contributed by atoms with van der Waals surface area (Å²) in [5, 5.41) is 3.71. The topological polar surface area (TPSA) is 12.0 Å². The van der Waals surface area contributed by atoms with Crippen molar-refractivity contribution in [3.8, 4) is 0 Å². The standard InChI is InChI=1S/C17H26IN/c1-3-19-16(12-14-9-5-4-6-10-14)15-11-7-8-13(2)17(15)18/h7-8,11,14,16,19H,3-6,9-10,12H2,1-2H3. The van der Waals surface area contributed by atoms with Crippen molar-refractivity contribution in [2.24, 2.45) is 5.92 Å². The van der Waals surface area contributed by atoms with E-state index < -0.39 is 0 Å². The van der Waals surface area contributed by atoms with E-state index in [0.29, 0.717) is 6.04 Å². The highest BCUT2D eigenvalue weighted by Crippen LogP contribution is 2.33. The number of nitrogens with one attached hydrogen (secondary N) is 1. The number of rotatable bonds is 5. The first-order chi connectivity index (χ1) is 9.22. The summed E-state index contributed by atoms with van der Waals surface area (Å²) in [4.78, 5) is 0. The van der Waals surface area contributed by atoms with Gasteiger partial charge in [0.15, 0.2) is 0 Å². The van der Waals surface area contributed by atoms with Gasteiger partial charge in [-0.1, -0.05) is 57.2 Å². The molecular formula is C17H26IN. The van der Waals surface area contributed by atoms with Crippen LogP contribution in [0.1, 0.15) is 62.6 Å². The van der Waals surface area contributed by atoms with E-state index in [2.05, 4.69) is 60.0 Å². The van der Waals surface area contributed by atoms with Crippen molar-refractivity contribution in [1.29, 1.82) is 0 Å². The maximum atomic E-state index is 3.71. The molecule has 1 atom stereocenters. The molecule has 1 unspecified atom stereocenters. The molecule has 2 rings (SSSR count). The molecule has 19 heavy (non-hydrogen) atoms.